The quantitative estimate of drug-likeness (QED) is 0.716. The highest BCUT2D eigenvalue weighted by molar-refractivity contribution is 5.11. The minimum absolute atomic E-state index is 0.0157. The summed E-state index contributed by atoms with van der Waals surface area (Å²) in [6.07, 6.45) is -0.0900. The van der Waals surface area contributed by atoms with E-state index >= 15 is 0 Å². The first-order valence-corrected chi connectivity index (χ1v) is 5.16. The van der Waals surface area contributed by atoms with Gasteiger partial charge in [0.05, 0.1) is 12.7 Å². The third kappa shape index (κ3) is 1.15. The molecule has 0 saturated carbocycles. The van der Waals surface area contributed by atoms with E-state index in [9.17, 15) is 5.11 Å². The summed E-state index contributed by atoms with van der Waals surface area (Å²) in [6, 6.07) is 0. The molecule has 0 aromatic rings. The summed E-state index contributed by atoms with van der Waals surface area (Å²) >= 11 is 0. The highest BCUT2D eigenvalue weighted by atomic mass is 16.7. The number of aliphatic hydroxyl groups excluding tert-OH is 1. The molecule has 82 valence electrons. The summed E-state index contributed by atoms with van der Waals surface area (Å²) in [5.41, 5.74) is -0.542. The molecular formula is C10H18O4. The lowest BCUT2D eigenvalue weighted by Crippen LogP contribution is -2.49. The van der Waals surface area contributed by atoms with Gasteiger partial charge in [-0.05, 0) is 13.3 Å². The van der Waals surface area contributed by atoms with Crippen LogP contribution >= 0.6 is 0 Å². The maximum Gasteiger partial charge on any atom is 0.125 e. The predicted molar refractivity (Wildman–Crippen MR) is 50.1 cm³/mol. The summed E-state index contributed by atoms with van der Waals surface area (Å²) in [6.45, 7) is 4.43. The molecule has 0 unspecified atom stereocenters. The Hall–Kier alpha value is -0.160. The van der Waals surface area contributed by atoms with E-state index in [0.717, 1.165) is 6.42 Å². The maximum atomic E-state index is 10.0. The Bertz CT molecular complexity index is 220. The lowest BCUT2D eigenvalue weighted by molar-refractivity contribution is -0.195. The molecular weight excluding hydrogens is 184 g/mol. The van der Waals surface area contributed by atoms with Crippen LogP contribution in [0.25, 0.3) is 0 Å². The molecule has 2 saturated heterocycles. The molecule has 2 bridgehead atoms. The van der Waals surface area contributed by atoms with Gasteiger partial charge in [0.1, 0.15) is 23.9 Å². The monoisotopic (exact) mass is 202 g/mol. The maximum absolute atomic E-state index is 10.0. The van der Waals surface area contributed by atoms with E-state index < -0.39 is 11.7 Å². The van der Waals surface area contributed by atoms with Crippen LogP contribution in [-0.2, 0) is 14.2 Å². The van der Waals surface area contributed by atoms with Gasteiger partial charge in [0.15, 0.2) is 0 Å². The van der Waals surface area contributed by atoms with Crippen LogP contribution in [0.1, 0.15) is 20.3 Å². The molecule has 0 aromatic heterocycles. The molecule has 14 heavy (non-hydrogen) atoms. The van der Waals surface area contributed by atoms with Crippen LogP contribution in [-0.4, -0.2) is 48.8 Å². The standard InChI is InChI=1S/C10H18O4/c1-4-10-7(5-12-3)13-8(9(10)11)6(2)14-10/h6-9,11H,4-5H2,1-3H3/t6-,7+,8-,9-,10-/m0/s1. The normalized spacial score (nSPS) is 51.4. The van der Waals surface area contributed by atoms with Crippen molar-refractivity contribution in [1.29, 1.82) is 0 Å². The van der Waals surface area contributed by atoms with Crippen molar-refractivity contribution in [1.82, 2.24) is 0 Å². The lowest BCUT2D eigenvalue weighted by Gasteiger charge is -2.35. The molecule has 4 heteroatoms. The molecule has 2 heterocycles. The second kappa shape index (κ2) is 3.45. The molecule has 0 amide bonds. The second-order valence-corrected chi connectivity index (χ2v) is 4.12. The SMILES string of the molecule is CC[C@]12O[C@@H](C)[C@H](O[C@@H]1COC)[C@@H]2O. The van der Waals surface area contributed by atoms with Crippen LogP contribution in [0, 0.1) is 0 Å². The topological polar surface area (TPSA) is 47.9 Å². The Morgan fingerprint density at radius 1 is 1.50 bits per heavy atom. The van der Waals surface area contributed by atoms with Crippen LogP contribution in [0.5, 0.6) is 0 Å². The van der Waals surface area contributed by atoms with E-state index in [4.69, 9.17) is 14.2 Å². The molecule has 2 rings (SSSR count). The number of ether oxygens (including phenoxy) is 3. The summed E-state index contributed by atoms with van der Waals surface area (Å²) < 4.78 is 16.6. The van der Waals surface area contributed by atoms with Gasteiger partial charge in [-0.25, -0.2) is 0 Å². The van der Waals surface area contributed by atoms with Crippen molar-refractivity contribution in [3.05, 3.63) is 0 Å². The van der Waals surface area contributed by atoms with E-state index in [2.05, 4.69) is 0 Å². The highest BCUT2D eigenvalue weighted by Gasteiger charge is 2.63. The minimum Gasteiger partial charge on any atom is -0.387 e. The molecule has 5 atom stereocenters. The molecule has 1 N–H and O–H groups in total. The highest BCUT2D eigenvalue weighted by Crippen LogP contribution is 2.46. The predicted octanol–water partition coefficient (Wildman–Crippen LogP) is 0.329. The van der Waals surface area contributed by atoms with Crippen molar-refractivity contribution < 1.29 is 19.3 Å². The molecule has 2 aliphatic heterocycles. The van der Waals surface area contributed by atoms with Gasteiger partial charge in [-0.2, -0.15) is 0 Å². The first-order valence-electron chi connectivity index (χ1n) is 5.16. The number of hydrogen-bond donors (Lipinski definition) is 1. The summed E-state index contributed by atoms with van der Waals surface area (Å²) in [5.74, 6) is 0. The number of methoxy groups -OCH3 is 1. The second-order valence-electron chi connectivity index (χ2n) is 4.12. The zero-order valence-electron chi connectivity index (χ0n) is 8.90. The van der Waals surface area contributed by atoms with Gasteiger partial charge in [0, 0.05) is 7.11 Å². The Morgan fingerprint density at radius 3 is 2.71 bits per heavy atom. The number of hydrogen-bond acceptors (Lipinski definition) is 4. The van der Waals surface area contributed by atoms with Crippen molar-refractivity contribution in [2.45, 2.75) is 50.3 Å². The molecule has 2 fully saturated rings. The molecule has 4 nitrogen and oxygen atoms in total. The van der Waals surface area contributed by atoms with Gasteiger partial charge >= 0.3 is 0 Å². The lowest BCUT2D eigenvalue weighted by atomic mass is 9.90. The van der Waals surface area contributed by atoms with Crippen LogP contribution in [0.15, 0.2) is 0 Å². The number of rotatable bonds is 3. The van der Waals surface area contributed by atoms with Gasteiger partial charge in [-0.1, -0.05) is 6.92 Å². The van der Waals surface area contributed by atoms with E-state index in [-0.39, 0.29) is 18.3 Å². The third-order valence-electron chi connectivity index (χ3n) is 3.42. The van der Waals surface area contributed by atoms with E-state index in [1.165, 1.54) is 0 Å². The largest absolute Gasteiger partial charge is 0.387 e. The molecule has 0 aromatic carbocycles. The smallest absolute Gasteiger partial charge is 0.125 e. The molecule has 0 aliphatic carbocycles. The summed E-state index contributed by atoms with van der Waals surface area (Å²) in [7, 11) is 1.63. The van der Waals surface area contributed by atoms with Crippen LogP contribution < -0.4 is 0 Å². The zero-order chi connectivity index (χ0) is 10.3. The van der Waals surface area contributed by atoms with Crippen molar-refractivity contribution in [3.8, 4) is 0 Å². The fourth-order valence-electron chi connectivity index (χ4n) is 2.63. The van der Waals surface area contributed by atoms with E-state index in [1.807, 2.05) is 13.8 Å². The van der Waals surface area contributed by atoms with Crippen molar-refractivity contribution in [2.24, 2.45) is 0 Å². The fourth-order valence-corrected chi connectivity index (χ4v) is 2.63. The van der Waals surface area contributed by atoms with Gasteiger partial charge in [0.2, 0.25) is 0 Å². The zero-order valence-corrected chi connectivity index (χ0v) is 8.90. The number of aliphatic hydroxyl groups is 1. The average molecular weight is 202 g/mol. The average Bonchev–Trinajstić information content (AvgIpc) is 2.56. The van der Waals surface area contributed by atoms with Gasteiger partial charge in [-0.3, -0.25) is 0 Å². The first kappa shape index (κ1) is 10.4. The van der Waals surface area contributed by atoms with E-state index in [1.54, 1.807) is 7.11 Å². The van der Waals surface area contributed by atoms with Crippen LogP contribution in [0.4, 0.5) is 0 Å². The van der Waals surface area contributed by atoms with Crippen LogP contribution in [0.2, 0.25) is 0 Å². The summed E-state index contributed by atoms with van der Waals surface area (Å²) in [5, 5.41) is 10.0. The molecule has 0 spiro atoms. The van der Waals surface area contributed by atoms with Gasteiger partial charge < -0.3 is 19.3 Å². The third-order valence-corrected chi connectivity index (χ3v) is 3.42. The van der Waals surface area contributed by atoms with Gasteiger partial charge in [-0.15, -0.1) is 0 Å². The number of fused-ring (bicyclic) bond motifs is 2. The first-order chi connectivity index (χ1) is 6.65. The Labute approximate surface area is 84.1 Å². The fraction of sp³-hybridized carbons (Fsp3) is 1.00. The Morgan fingerprint density at radius 2 is 2.21 bits per heavy atom. The van der Waals surface area contributed by atoms with Crippen molar-refractivity contribution in [2.75, 3.05) is 13.7 Å². The molecule has 2 aliphatic rings. The Balaban J connectivity index is 2.20. The van der Waals surface area contributed by atoms with E-state index in [0.29, 0.717) is 6.61 Å². The van der Waals surface area contributed by atoms with Crippen molar-refractivity contribution in [3.63, 3.8) is 0 Å². The molecule has 0 radical (unpaired) electrons. The van der Waals surface area contributed by atoms with Crippen molar-refractivity contribution >= 4 is 0 Å². The van der Waals surface area contributed by atoms with Gasteiger partial charge in [0.25, 0.3) is 0 Å². The van der Waals surface area contributed by atoms with Crippen LogP contribution in [0.3, 0.4) is 0 Å². The Kier molecular flexibility index (Phi) is 2.55. The summed E-state index contributed by atoms with van der Waals surface area (Å²) in [4.78, 5) is 0. The minimum atomic E-state index is -0.542.